The molecule has 0 saturated heterocycles. The number of pyridine rings is 1. The van der Waals surface area contributed by atoms with Crippen LogP contribution in [0, 0.1) is 5.82 Å². The van der Waals surface area contributed by atoms with Crippen LogP contribution in [0.2, 0.25) is 0 Å². The van der Waals surface area contributed by atoms with Crippen LogP contribution in [0.1, 0.15) is 18.4 Å². The molecule has 0 unspecified atom stereocenters. The van der Waals surface area contributed by atoms with Crippen LogP contribution >= 0.6 is 10.2 Å². The van der Waals surface area contributed by atoms with Crippen molar-refractivity contribution in [3.8, 4) is 5.75 Å². The third-order valence-corrected chi connectivity index (χ3v) is 6.24. The maximum absolute atomic E-state index is 14.2. The first-order valence-electron chi connectivity index (χ1n) is 9.14. The smallest absolute Gasteiger partial charge is 0.310 e. The van der Waals surface area contributed by atoms with Crippen LogP contribution in [0.15, 0.2) is 59.8 Å². The van der Waals surface area contributed by atoms with Crippen molar-refractivity contribution in [1.29, 1.82) is 0 Å². The Bertz CT molecular complexity index is 1100. The Morgan fingerprint density at radius 2 is 1.80 bits per heavy atom. The SMILES string of the molecule is Fc1ccc2cnccc2c1CNC1CC(Oc2cccc(S(F)(F)(F)(F)F)c2)C1. The number of rotatable bonds is 6. The molecule has 30 heavy (non-hydrogen) atoms. The first-order chi connectivity index (χ1) is 13.9. The second-order valence-corrected chi connectivity index (χ2v) is 9.77. The number of ether oxygens (including phenoxy) is 1. The van der Waals surface area contributed by atoms with E-state index in [-0.39, 0.29) is 24.2 Å². The molecule has 0 amide bonds. The number of fused-ring (bicyclic) bond motifs is 1. The predicted octanol–water partition coefficient (Wildman–Crippen LogP) is 6.73. The van der Waals surface area contributed by atoms with Crippen molar-refractivity contribution in [3.05, 3.63) is 66.2 Å². The number of halogens is 6. The summed E-state index contributed by atoms with van der Waals surface area (Å²) in [5, 5.41) is 4.76. The first kappa shape index (κ1) is 20.8. The van der Waals surface area contributed by atoms with Crippen molar-refractivity contribution in [3.63, 3.8) is 0 Å². The number of hydrogen-bond acceptors (Lipinski definition) is 3. The van der Waals surface area contributed by atoms with Gasteiger partial charge < -0.3 is 10.1 Å². The minimum absolute atomic E-state index is 0.0229. The largest absolute Gasteiger partial charge is 0.490 e. The molecule has 0 aliphatic heterocycles. The van der Waals surface area contributed by atoms with Crippen molar-refractivity contribution in [2.75, 3.05) is 0 Å². The fourth-order valence-corrected chi connectivity index (χ4v) is 4.12. The molecule has 0 bridgehead atoms. The molecule has 3 nitrogen and oxygen atoms in total. The average Bonchev–Trinajstić information content (AvgIpc) is 2.63. The summed E-state index contributed by atoms with van der Waals surface area (Å²) in [4.78, 5) is 2.04. The number of hydrogen-bond donors (Lipinski definition) is 1. The lowest BCUT2D eigenvalue weighted by Crippen LogP contribution is -2.46. The highest BCUT2D eigenvalue weighted by Crippen LogP contribution is 3.02. The Hall–Kier alpha value is -2.46. The molecule has 0 radical (unpaired) electrons. The summed E-state index contributed by atoms with van der Waals surface area (Å²) in [5.41, 5.74) is 0.503. The summed E-state index contributed by atoms with van der Waals surface area (Å²) in [7, 11) is -9.74. The fraction of sp³-hybridized carbons (Fsp3) is 0.250. The normalized spacial score (nSPS) is 21.5. The maximum Gasteiger partial charge on any atom is 0.310 e. The van der Waals surface area contributed by atoms with E-state index in [9.17, 15) is 23.8 Å². The molecular formula is C20H18F6N2OS. The third-order valence-electron chi connectivity index (χ3n) is 5.09. The van der Waals surface area contributed by atoms with E-state index in [2.05, 4.69) is 10.3 Å². The Morgan fingerprint density at radius 3 is 2.53 bits per heavy atom. The molecule has 0 atom stereocenters. The molecule has 2 aromatic carbocycles. The van der Waals surface area contributed by atoms with Crippen molar-refractivity contribution >= 4 is 21.0 Å². The van der Waals surface area contributed by atoms with Gasteiger partial charge in [-0.05, 0) is 48.6 Å². The number of benzene rings is 2. The minimum Gasteiger partial charge on any atom is -0.490 e. The van der Waals surface area contributed by atoms with E-state index >= 15 is 0 Å². The lowest BCUT2D eigenvalue weighted by molar-refractivity contribution is 0.0839. The quantitative estimate of drug-likeness (QED) is 0.425. The van der Waals surface area contributed by atoms with Crippen molar-refractivity contribution in [1.82, 2.24) is 10.3 Å². The molecule has 1 aliphatic carbocycles. The zero-order valence-electron chi connectivity index (χ0n) is 15.5. The van der Waals surface area contributed by atoms with Crippen LogP contribution in [-0.4, -0.2) is 17.1 Å². The van der Waals surface area contributed by atoms with Crippen molar-refractivity contribution in [2.24, 2.45) is 0 Å². The fourth-order valence-electron chi connectivity index (χ4n) is 3.44. The van der Waals surface area contributed by atoms with E-state index in [1.54, 1.807) is 24.5 Å². The van der Waals surface area contributed by atoms with Crippen LogP contribution in [0.5, 0.6) is 5.75 Å². The Balaban J connectivity index is 1.36. The predicted molar refractivity (Wildman–Crippen MR) is 104 cm³/mol. The van der Waals surface area contributed by atoms with Gasteiger partial charge in [0.1, 0.15) is 22.6 Å². The van der Waals surface area contributed by atoms with Crippen molar-refractivity contribution < 1.29 is 28.6 Å². The van der Waals surface area contributed by atoms with E-state index in [1.165, 1.54) is 12.1 Å². The topological polar surface area (TPSA) is 34.2 Å². The van der Waals surface area contributed by atoms with Crippen LogP contribution in [-0.2, 0) is 6.54 Å². The van der Waals surface area contributed by atoms with Gasteiger partial charge in [0.2, 0.25) is 0 Å². The van der Waals surface area contributed by atoms with Gasteiger partial charge in [-0.2, -0.15) is 0 Å². The molecule has 1 aromatic heterocycles. The molecule has 3 aromatic rings. The van der Waals surface area contributed by atoms with Gasteiger partial charge in [-0.25, -0.2) is 4.39 Å². The van der Waals surface area contributed by atoms with Gasteiger partial charge in [0.05, 0.1) is 0 Å². The molecule has 0 spiro atoms. The lowest BCUT2D eigenvalue weighted by atomic mass is 9.89. The van der Waals surface area contributed by atoms with E-state index < -0.39 is 21.2 Å². The number of aromatic nitrogens is 1. The summed E-state index contributed by atoms with van der Waals surface area (Å²) in [6, 6.07) is 7.52. The monoisotopic (exact) mass is 448 g/mol. The van der Waals surface area contributed by atoms with Crippen LogP contribution in [0.4, 0.5) is 23.8 Å². The van der Waals surface area contributed by atoms with Gasteiger partial charge in [-0.3, -0.25) is 4.98 Å². The summed E-state index contributed by atoms with van der Waals surface area (Å²) in [6.45, 7) is 0.268. The van der Waals surface area contributed by atoms with E-state index in [0.717, 1.165) is 16.8 Å². The van der Waals surface area contributed by atoms with Crippen LogP contribution in [0.25, 0.3) is 10.8 Å². The number of nitrogens with one attached hydrogen (secondary N) is 1. The number of nitrogens with zero attached hydrogens (tertiary/aromatic N) is 1. The average molecular weight is 448 g/mol. The van der Waals surface area contributed by atoms with E-state index in [4.69, 9.17) is 4.74 Å². The van der Waals surface area contributed by atoms with E-state index in [1.807, 2.05) is 0 Å². The van der Waals surface area contributed by atoms with Crippen LogP contribution in [0.3, 0.4) is 0 Å². The highest BCUT2D eigenvalue weighted by Gasteiger charge is 2.65. The molecule has 1 heterocycles. The second kappa shape index (κ2) is 6.52. The van der Waals surface area contributed by atoms with Gasteiger partial charge in [0, 0.05) is 42.0 Å². The van der Waals surface area contributed by atoms with Gasteiger partial charge in [0.25, 0.3) is 0 Å². The van der Waals surface area contributed by atoms with Gasteiger partial charge in [-0.1, -0.05) is 25.5 Å². The third kappa shape index (κ3) is 4.49. The Morgan fingerprint density at radius 1 is 1.03 bits per heavy atom. The molecule has 10 heteroatoms. The minimum atomic E-state index is -9.74. The Kier molecular flexibility index (Phi) is 4.52. The molecule has 4 rings (SSSR count). The first-order valence-corrected chi connectivity index (χ1v) is 11.1. The molecule has 1 saturated carbocycles. The van der Waals surface area contributed by atoms with Gasteiger partial charge >= 0.3 is 10.2 Å². The summed E-state index contributed by atoms with van der Waals surface area (Å²) in [6.07, 6.45) is 3.76. The molecule has 1 fully saturated rings. The molecular weight excluding hydrogens is 430 g/mol. The van der Waals surface area contributed by atoms with Gasteiger partial charge in [-0.15, -0.1) is 0 Å². The summed E-state index contributed by atoms with van der Waals surface area (Å²) in [5.74, 6) is -0.599. The maximum atomic E-state index is 14.2. The summed E-state index contributed by atoms with van der Waals surface area (Å²) >= 11 is 0. The Labute approximate surface area is 168 Å². The molecule has 1 N–H and O–H groups in total. The van der Waals surface area contributed by atoms with Gasteiger partial charge in [0.15, 0.2) is 0 Å². The summed E-state index contributed by atoms with van der Waals surface area (Å²) < 4.78 is 84.3. The zero-order valence-corrected chi connectivity index (χ0v) is 16.3. The van der Waals surface area contributed by atoms with Crippen molar-refractivity contribution in [2.45, 2.75) is 36.4 Å². The molecule has 1 aliphatic rings. The van der Waals surface area contributed by atoms with Crippen LogP contribution < -0.4 is 10.1 Å². The second-order valence-electron chi connectivity index (χ2n) is 7.36. The van der Waals surface area contributed by atoms with E-state index in [0.29, 0.717) is 30.5 Å². The lowest BCUT2D eigenvalue weighted by Gasteiger charge is -2.41. The highest BCUT2D eigenvalue weighted by molar-refractivity contribution is 8.45. The zero-order chi connectivity index (χ0) is 21.6. The standard InChI is InChI=1S/C20H18F6N2OS/c21-20-5-4-13-11-27-7-6-18(13)19(20)12-28-14-8-16(9-14)29-15-2-1-3-17(10-15)30(22,23,24,25)26/h1-7,10-11,14,16,28H,8-9,12H2. The highest BCUT2D eigenvalue weighted by atomic mass is 32.5. The molecule has 162 valence electrons.